The topological polar surface area (TPSA) is 78.0 Å². The van der Waals surface area contributed by atoms with Crippen LogP contribution in [0.3, 0.4) is 0 Å². The van der Waals surface area contributed by atoms with Crippen LogP contribution in [-0.2, 0) is 13.0 Å². The summed E-state index contributed by atoms with van der Waals surface area (Å²) in [4.78, 5) is 4.30. The molecule has 0 aliphatic rings. The van der Waals surface area contributed by atoms with Gasteiger partial charge in [-0.3, -0.25) is 16.0 Å². The zero-order valence-electron chi connectivity index (χ0n) is 12.8. The van der Waals surface area contributed by atoms with E-state index in [2.05, 4.69) is 15.5 Å². The van der Waals surface area contributed by atoms with Gasteiger partial charge in [-0.1, -0.05) is 12.1 Å². The Bertz CT molecular complexity index is 567. The molecule has 0 saturated carbocycles. The quantitative estimate of drug-likeness (QED) is 0.600. The molecule has 6 heteroatoms. The highest BCUT2D eigenvalue weighted by Gasteiger charge is 2.15. The maximum Gasteiger partial charge on any atom is 0.138 e. The molecule has 0 aliphatic heterocycles. The Balaban J connectivity index is 2.17. The Hall–Kier alpha value is -1.92. The second-order valence-corrected chi connectivity index (χ2v) is 5.15. The first-order valence-corrected chi connectivity index (χ1v) is 7.23. The standard InChI is InChI=1S/C15H23N5O/c1-4-20-15(17-10-18-20)9-14(19-16)12-6-5-7-13(8-12)21-11(2)3/h5-8,10-11,14,19H,4,9,16H2,1-3H3. The summed E-state index contributed by atoms with van der Waals surface area (Å²) < 4.78 is 7.60. The van der Waals surface area contributed by atoms with Crippen LogP contribution in [0.5, 0.6) is 5.75 Å². The van der Waals surface area contributed by atoms with Crippen molar-refractivity contribution >= 4 is 0 Å². The third-order valence-electron chi connectivity index (χ3n) is 3.22. The van der Waals surface area contributed by atoms with Crippen LogP contribution in [0.25, 0.3) is 0 Å². The fourth-order valence-corrected chi connectivity index (χ4v) is 2.24. The van der Waals surface area contributed by atoms with E-state index in [0.29, 0.717) is 6.42 Å². The molecule has 2 aromatic rings. The molecule has 0 fully saturated rings. The van der Waals surface area contributed by atoms with Crippen LogP contribution in [0.1, 0.15) is 38.2 Å². The van der Waals surface area contributed by atoms with Crippen LogP contribution >= 0.6 is 0 Å². The second kappa shape index (κ2) is 7.19. The van der Waals surface area contributed by atoms with Crippen molar-refractivity contribution in [1.82, 2.24) is 20.2 Å². The summed E-state index contributed by atoms with van der Waals surface area (Å²) in [7, 11) is 0. The Morgan fingerprint density at radius 2 is 2.19 bits per heavy atom. The van der Waals surface area contributed by atoms with E-state index < -0.39 is 0 Å². The summed E-state index contributed by atoms with van der Waals surface area (Å²) in [5.41, 5.74) is 3.92. The van der Waals surface area contributed by atoms with Gasteiger partial charge in [-0.05, 0) is 38.5 Å². The van der Waals surface area contributed by atoms with Crippen LogP contribution in [0, 0.1) is 0 Å². The summed E-state index contributed by atoms with van der Waals surface area (Å²) >= 11 is 0. The molecule has 0 saturated heterocycles. The molecule has 1 aromatic carbocycles. The Morgan fingerprint density at radius 1 is 1.38 bits per heavy atom. The molecule has 0 amide bonds. The number of nitrogens with two attached hydrogens (primary N) is 1. The molecular weight excluding hydrogens is 266 g/mol. The van der Waals surface area contributed by atoms with E-state index in [1.165, 1.54) is 0 Å². The van der Waals surface area contributed by atoms with E-state index in [-0.39, 0.29) is 12.1 Å². The highest BCUT2D eigenvalue weighted by molar-refractivity contribution is 5.31. The molecule has 0 bridgehead atoms. The first-order valence-electron chi connectivity index (χ1n) is 7.23. The van der Waals surface area contributed by atoms with Crippen molar-refractivity contribution < 1.29 is 4.74 Å². The monoisotopic (exact) mass is 289 g/mol. The Kier molecular flexibility index (Phi) is 5.30. The van der Waals surface area contributed by atoms with Gasteiger partial charge in [-0.2, -0.15) is 5.10 Å². The van der Waals surface area contributed by atoms with E-state index in [0.717, 1.165) is 23.7 Å². The number of aryl methyl sites for hydroxylation is 1. The number of nitrogens with one attached hydrogen (secondary N) is 1. The minimum Gasteiger partial charge on any atom is -0.491 e. The van der Waals surface area contributed by atoms with Crippen molar-refractivity contribution in [3.05, 3.63) is 42.0 Å². The fourth-order valence-electron chi connectivity index (χ4n) is 2.24. The highest BCUT2D eigenvalue weighted by atomic mass is 16.5. The van der Waals surface area contributed by atoms with Crippen LogP contribution in [0.15, 0.2) is 30.6 Å². The Labute approximate surface area is 125 Å². The van der Waals surface area contributed by atoms with Crippen molar-refractivity contribution in [3.8, 4) is 5.75 Å². The lowest BCUT2D eigenvalue weighted by Gasteiger charge is -2.18. The molecule has 21 heavy (non-hydrogen) atoms. The first-order chi connectivity index (χ1) is 10.1. The number of hydrogen-bond acceptors (Lipinski definition) is 5. The van der Waals surface area contributed by atoms with Crippen LogP contribution in [0.4, 0.5) is 0 Å². The maximum atomic E-state index is 5.73. The molecular formula is C15H23N5O. The molecule has 0 radical (unpaired) electrons. The molecule has 114 valence electrons. The molecule has 1 atom stereocenters. The zero-order chi connectivity index (χ0) is 15.2. The average molecular weight is 289 g/mol. The number of benzene rings is 1. The lowest BCUT2D eigenvalue weighted by molar-refractivity contribution is 0.242. The lowest BCUT2D eigenvalue weighted by atomic mass is 10.0. The largest absolute Gasteiger partial charge is 0.491 e. The van der Waals surface area contributed by atoms with Crippen LogP contribution in [0.2, 0.25) is 0 Å². The molecule has 1 heterocycles. The molecule has 3 N–H and O–H groups in total. The van der Waals surface area contributed by atoms with Crippen molar-refractivity contribution in [2.75, 3.05) is 0 Å². The molecule has 1 aromatic heterocycles. The molecule has 2 rings (SSSR count). The predicted molar refractivity (Wildman–Crippen MR) is 81.7 cm³/mol. The van der Waals surface area contributed by atoms with Crippen LogP contribution in [-0.4, -0.2) is 20.9 Å². The number of rotatable bonds is 7. The Morgan fingerprint density at radius 3 is 2.86 bits per heavy atom. The zero-order valence-corrected chi connectivity index (χ0v) is 12.8. The van der Waals surface area contributed by atoms with Gasteiger partial charge >= 0.3 is 0 Å². The summed E-state index contributed by atoms with van der Waals surface area (Å²) in [5, 5.41) is 4.18. The normalized spacial score (nSPS) is 12.6. The van der Waals surface area contributed by atoms with Gasteiger partial charge in [0.25, 0.3) is 0 Å². The maximum absolute atomic E-state index is 5.73. The second-order valence-electron chi connectivity index (χ2n) is 5.15. The number of hydrogen-bond donors (Lipinski definition) is 2. The van der Waals surface area contributed by atoms with E-state index in [4.69, 9.17) is 10.6 Å². The average Bonchev–Trinajstić information content (AvgIpc) is 2.91. The van der Waals surface area contributed by atoms with E-state index >= 15 is 0 Å². The van der Waals surface area contributed by atoms with E-state index in [9.17, 15) is 0 Å². The van der Waals surface area contributed by atoms with Gasteiger partial charge in [-0.25, -0.2) is 4.98 Å². The van der Waals surface area contributed by atoms with Crippen LogP contribution < -0.4 is 16.0 Å². The SMILES string of the molecule is CCn1ncnc1CC(NN)c1cccc(OC(C)C)c1. The van der Waals surface area contributed by atoms with Gasteiger partial charge < -0.3 is 4.74 Å². The van der Waals surface area contributed by atoms with Gasteiger partial charge in [0.15, 0.2) is 0 Å². The third-order valence-corrected chi connectivity index (χ3v) is 3.22. The minimum absolute atomic E-state index is 0.0322. The van der Waals surface area contributed by atoms with Crippen molar-refractivity contribution in [2.45, 2.75) is 45.9 Å². The first kappa shape index (κ1) is 15.5. The van der Waals surface area contributed by atoms with E-state index in [1.54, 1.807) is 6.33 Å². The molecule has 0 spiro atoms. The van der Waals surface area contributed by atoms with Crippen molar-refractivity contribution in [2.24, 2.45) is 5.84 Å². The number of ether oxygens (including phenoxy) is 1. The number of aromatic nitrogens is 3. The predicted octanol–water partition coefficient (Wildman–Crippen LogP) is 1.83. The molecule has 1 unspecified atom stereocenters. The number of nitrogens with zero attached hydrogens (tertiary/aromatic N) is 3. The summed E-state index contributed by atoms with van der Waals surface area (Å²) in [6.45, 7) is 6.85. The van der Waals surface area contributed by atoms with Gasteiger partial charge in [-0.15, -0.1) is 0 Å². The van der Waals surface area contributed by atoms with E-state index in [1.807, 2.05) is 49.7 Å². The fraction of sp³-hybridized carbons (Fsp3) is 0.467. The van der Waals surface area contributed by atoms with Gasteiger partial charge in [0.2, 0.25) is 0 Å². The summed E-state index contributed by atoms with van der Waals surface area (Å²) in [6, 6.07) is 7.94. The molecule has 6 nitrogen and oxygen atoms in total. The van der Waals surface area contributed by atoms with Gasteiger partial charge in [0, 0.05) is 13.0 Å². The highest BCUT2D eigenvalue weighted by Crippen LogP contribution is 2.22. The smallest absolute Gasteiger partial charge is 0.138 e. The number of hydrazine groups is 1. The summed E-state index contributed by atoms with van der Waals surface area (Å²) in [6.07, 6.45) is 2.40. The molecule has 0 aliphatic carbocycles. The van der Waals surface area contributed by atoms with Gasteiger partial charge in [0.1, 0.15) is 17.9 Å². The minimum atomic E-state index is -0.0322. The van der Waals surface area contributed by atoms with Crippen molar-refractivity contribution in [1.29, 1.82) is 0 Å². The third kappa shape index (κ3) is 4.03. The lowest BCUT2D eigenvalue weighted by Crippen LogP contribution is -2.30. The summed E-state index contributed by atoms with van der Waals surface area (Å²) in [5.74, 6) is 7.48. The van der Waals surface area contributed by atoms with Crippen molar-refractivity contribution in [3.63, 3.8) is 0 Å². The van der Waals surface area contributed by atoms with Gasteiger partial charge in [0.05, 0.1) is 12.1 Å².